The topological polar surface area (TPSA) is 54.4 Å². The molecule has 0 fully saturated rings. The number of nitrogens with zero attached hydrogens (tertiary/aromatic N) is 5. The molecule has 3 heterocycles. The first-order chi connectivity index (χ1) is 11.2. The van der Waals surface area contributed by atoms with Gasteiger partial charge in [-0.1, -0.05) is 6.07 Å². The third-order valence-corrected chi connectivity index (χ3v) is 4.01. The van der Waals surface area contributed by atoms with Crippen LogP contribution >= 0.6 is 0 Å². The van der Waals surface area contributed by atoms with E-state index in [1.165, 1.54) is 5.56 Å². The zero-order chi connectivity index (χ0) is 16.2. The molecule has 0 saturated carbocycles. The molecule has 23 heavy (non-hydrogen) atoms. The monoisotopic (exact) mass is 313 g/mol. The summed E-state index contributed by atoms with van der Waals surface area (Å²) >= 11 is 0. The number of rotatable bonds is 4. The molecule has 0 bridgehead atoms. The van der Waals surface area contributed by atoms with Gasteiger partial charge in [0.2, 0.25) is 5.95 Å². The minimum atomic E-state index is 0.691. The maximum atomic E-state index is 5.25. The average Bonchev–Trinajstić information content (AvgIpc) is 2.73. The van der Waals surface area contributed by atoms with Crippen LogP contribution in [0.4, 0.5) is 11.8 Å². The lowest BCUT2D eigenvalue weighted by molar-refractivity contribution is 0.205. The van der Waals surface area contributed by atoms with Gasteiger partial charge in [0.1, 0.15) is 5.82 Å². The summed E-state index contributed by atoms with van der Waals surface area (Å²) < 4.78 is 5.25. The lowest BCUT2D eigenvalue weighted by Crippen LogP contribution is -2.34. The van der Waals surface area contributed by atoms with Crippen molar-refractivity contribution in [1.29, 1.82) is 0 Å². The van der Waals surface area contributed by atoms with E-state index in [0.717, 1.165) is 49.2 Å². The third kappa shape index (κ3) is 3.59. The molecule has 6 heteroatoms. The van der Waals surface area contributed by atoms with Crippen LogP contribution in [0.2, 0.25) is 0 Å². The average molecular weight is 313 g/mol. The third-order valence-electron chi connectivity index (χ3n) is 4.01. The van der Waals surface area contributed by atoms with Crippen LogP contribution in [0.25, 0.3) is 0 Å². The minimum absolute atomic E-state index is 0.691. The molecular weight excluding hydrogens is 290 g/mol. The van der Waals surface area contributed by atoms with E-state index in [1.54, 1.807) is 7.11 Å². The molecule has 1 aliphatic rings. The van der Waals surface area contributed by atoms with Crippen molar-refractivity contribution < 1.29 is 4.74 Å². The van der Waals surface area contributed by atoms with Gasteiger partial charge in [-0.25, -0.2) is 15.0 Å². The predicted molar refractivity (Wildman–Crippen MR) is 90.9 cm³/mol. The van der Waals surface area contributed by atoms with Crippen LogP contribution in [0, 0.1) is 13.8 Å². The molecule has 122 valence electrons. The molecule has 0 unspecified atom stereocenters. The highest BCUT2D eigenvalue weighted by molar-refractivity contribution is 5.52. The van der Waals surface area contributed by atoms with E-state index in [0.29, 0.717) is 6.61 Å². The van der Waals surface area contributed by atoms with Crippen LogP contribution in [0.15, 0.2) is 24.5 Å². The van der Waals surface area contributed by atoms with Crippen molar-refractivity contribution in [2.24, 2.45) is 0 Å². The maximum Gasteiger partial charge on any atom is 0.225 e. The van der Waals surface area contributed by atoms with Crippen LogP contribution in [0.5, 0.6) is 0 Å². The van der Waals surface area contributed by atoms with E-state index in [9.17, 15) is 0 Å². The van der Waals surface area contributed by atoms with E-state index in [2.05, 4.69) is 31.9 Å². The second kappa shape index (κ2) is 6.91. The molecule has 1 aliphatic heterocycles. The summed E-state index contributed by atoms with van der Waals surface area (Å²) in [6, 6.07) is 4.22. The van der Waals surface area contributed by atoms with Crippen LogP contribution in [0.1, 0.15) is 16.8 Å². The summed E-state index contributed by atoms with van der Waals surface area (Å²) in [7, 11) is 1.73. The molecule has 2 aromatic heterocycles. The Morgan fingerprint density at radius 3 is 2.65 bits per heavy atom. The van der Waals surface area contributed by atoms with Gasteiger partial charge in [0, 0.05) is 56.9 Å². The summed E-state index contributed by atoms with van der Waals surface area (Å²) in [6.07, 6.45) is 3.73. The summed E-state index contributed by atoms with van der Waals surface area (Å²) in [5.41, 5.74) is 3.31. The standard InChI is InChI=1S/C17H23N5O/c1-13-10-18-17(19-11-13)22-7-6-21(8-9-23-3)16-15(12-22)5-4-14(2)20-16/h4-5,10-11H,6-9,12H2,1-3H3. The zero-order valence-corrected chi connectivity index (χ0v) is 14.0. The largest absolute Gasteiger partial charge is 0.383 e. The van der Waals surface area contributed by atoms with Crippen molar-refractivity contribution in [3.63, 3.8) is 0 Å². The van der Waals surface area contributed by atoms with Crippen molar-refractivity contribution in [3.05, 3.63) is 41.3 Å². The van der Waals surface area contributed by atoms with Crippen LogP contribution < -0.4 is 9.80 Å². The summed E-state index contributed by atoms with van der Waals surface area (Å²) in [5, 5.41) is 0. The summed E-state index contributed by atoms with van der Waals surface area (Å²) in [6.45, 7) is 8.07. The highest BCUT2D eigenvalue weighted by Crippen LogP contribution is 2.25. The van der Waals surface area contributed by atoms with Gasteiger partial charge in [-0.15, -0.1) is 0 Å². The van der Waals surface area contributed by atoms with Crippen LogP contribution in [-0.2, 0) is 11.3 Å². The Bertz CT molecular complexity index is 659. The molecule has 6 nitrogen and oxygen atoms in total. The number of ether oxygens (including phenoxy) is 1. The van der Waals surface area contributed by atoms with Gasteiger partial charge in [0.05, 0.1) is 6.61 Å². The SMILES string of the molecule is COCCN1CCN(c2ncc(C)cn2)Cc2ccc(C)nc21. The highest BCUT2D eigenvalue weighted by Gasteiger charge is 2.22. The molecule has 0 radical (unpaired) electrons. The first kappa shape index (κ1) is 15.7. The number of pyridine rings is 1. The number of aromatic nitrogens is 3. The summed E-state index contributed by atoms with van der Waals surface area (Å²) in [4.78, 5) is 18.2. The maximum absolute atomic E-state index is 5.25. The second-order valence-corrected chi connectivity index (χ2v) is 5.90. The van der Waals surface area contributed by atoms with Crippen LogP contribution in [-0.4, -0.2) is 48.3 Å². The van der Waals surface area contributed by atoms with Gasteiger partial charge in [-0.2, -0.15) is 0 Å². The Kier molecular flexibility index (Phi) is 4.71. The quantitative estimate of drug-likeness (QED) is 0.860. The van der Waals surface area contributed by atoms with Crippen molar-refractivity contribution in [1.82, 2.24) is 15.0 Å². The molecule has 3 rings (SSSR count). The fourth-order valence-electron chi connectivity index (χ4n) is 2.74. The number of hydrogen-bond donors (Lipinski definition) is 0. The number of fused-ring (bicyclic) bond motifs is 1. The first-order valence-electron chi connectivity index (χ1n) is 7.91. The molecule has 0 saturated heterocycles. The molecule has 2 aromatic rings. The smallest absolute Gasteiger partial charge is 0.225 e. The Morgan fingerprint density at radius 1 is 1.13 bits per heavy atom. The van der Waals surface area contributed by atoms with Crippen molar-refractivity contribution in [2.75, 3.05) is 43.2 Å². The van der Waals surface area contributed by atoms with Crippen LogP contribution in [0.3, 0.4) is 0 Å². The zero-order valence-electron chi connectivity index (χ0n) is 14.0. The van der Waals surface area contributed by atoms with E-state index in [1.807, 2.05) is 26.2 Å². The van der Waals surface area contributed by atoms with Gasteiger partial charge in [0.15, 0.2) is 0 Å². The predicted octanol–water partition coefficient (Wildman–Crippen LogP) is 1.96. The number of aryl methyl sites for hydroxylation is 2. The molecule has 0 atom stereocenters. The fourth-order valence-corrected chi connectivity index (χ4v) is 2.74. The fraction of sp³-hybridized carbons (Fsp3) is 0.471. The number of methoxy groups -OCH3 is 1. The van der Waals surface area contributed by atoms with Gasteiger partial charge >= 0.3 is 0 Å². The van der Waals surface area contributed by atoms with Gasteiger partial charge in [-0.3, -0.25) is 0 Å². The van der Waals surface area contributed by atoms with E-state index in [4.69, 9.17) is 9.72 Å². The van der Waals surface area contributed by atoms with Gasteiger partial charge in [-0.05, 0) is 25.5 Å². The van der Waals surface area contributed by atoms with Crippen molar-refractivity contribution in [2.45, 2.75) is 20.4 Å². The molecular formula is C17H23N5O. The Morgan fingerprint density at radius 2 is 1.91 bits per heavy atom. The number of hydrogen-bond acceptors (Lipinski definition) is 6. The number of anilines is 2. The Balaban J connectivity index is 1.89. The molecule has 0 aliphatic carbocycles. The van der Waals surface area contributed by atoms with E-state index < -0.39 is 0 Å². The van der Waals surface area contributed by atoms with Gasteiger partial charge in [0.25, 0.3) is 0 Å². The lowest BCUT2D eigenvalue weighted by Gasteiger charge is -2.23. The molecule has 0 N–H and O–H groups in total. The molecule has 0 spiro atoms. The van der Waals surface area contributed by atoms with Crippen molar-refractivity contribution >= 4 is 11.8 Å². The second-order valence-electron chi connectivity index (χ2n) is 5.90. The molecule has 0 amide bonds. The Hall–Kier alpha value is -2.21. The van der Waals surface area contributed by atoms with E-state index >= 15 is 0 Å². The first-order valence-corrected chi connectivity index (χ1v) is 7.91. The van der Waals surface area contributed by atoms with E-state index in [-0.39, 0.29) is 0 Å². The minimum Gasteiger partial charge on any atom is -0.383 e. The molecule has 0 aromatic carbocycles. The Labute approximate surface area is 137 Å². The lowest BCUT2D eigenvalue weighted by atomic mass is 10.2. The highest BCUT2D eigenvalue weighted by atomic mass is 16.5. The summed E-state index contributed by atoms with van der Waals surface area (Å²) in [5.74, 6) is 1.83. The van der Waals surface area contributed by atoms with Gasteiger partial charge < -0.3 is 14.5 Å². The normalized spacial score (nSPS) is 14.6. The van der Waals surface area contributed by atoms with Crippen molar-refractivity contribution in [3.8, 4) is 0 Å².